The lowest BCUT2D eigenvalue weighted by Gasteiger charge is -2.21. The lowest BCUT2D eigenvalue weighted by molar-refractivity contribution is -0.120. The van der Waals surface area contributed by atoms with Crippen LogP contribution in [0.15, 0.2) is 11.6 Å². The first-order valence-corrected chi connectivity index (χ1v) is 8.39. The number of thiazole rings is 1. The van der Waals surface area contributed by atoms with Crippen LogP contribution in [-0.2, 0) is 11.3 Å². The first-order valence-electron chi connectivity index (χ1n) is 7.51. The van der Waals surface area contributed by atoms with Crippen LogP contribution >= 0.6 is 11.3 Å². The molecule has 0 bridgehead atoms. The molecule has 0 atom stereocenters. The number of rotatable bonds is 4. The van der Waals surface area contributed by atoms with Crippen molar-refractivity contribution >= 4 is 28.0 Å². The Morgan fingerprint density at radius 1 is 1.43 bits per heavy atom. The highest BCUT2D eigenvalue weighted by atomic mass is 32.1. The van der Waals surface area contributed by atoms with E-state index in [4.69, 9.17) is 4.98 Å². The van der Waals surface area contributed by atoms with Crippen molar-refractivity contribution in [1.82, 2.24) is 20.0 Å². The number of carbonyl (C=O) groups is 1. The Hall–Kier alpha value is -1.60. The van der Waals surface area contributed by atoms with E-state index in [0.717, 1.165) is 30.4 Å². The second-order valence-corrected chi connectivity index (χ2v) is 6.55. The fourth-order valence-electron chi connectivity index (χ4n) is 2.75. The summed E-state index contributed by atoms with van der Waals surface area (Å²) in [5.74, 6) is 1.17. The number of hydrogen-bond acceptors (Lipinski definition) is 5. The molecular weight excluding hydrogens is 286 g/mol. The van der Waals surface area contributed by atoms with Crippen molar-refractivity contribution in [3.8, 4) is 0 Å². The SMILES string of the molecule is O=C1CCN(c2nc3sccn3c2CNC2CC2)CCN1. The van der Waals surface area contributed by atoms with Crippen LogP contribution in [0.1, 0.15) is 25.0 Å². The van der Waals surface area contributed by atoms with Gasteiger partial charge in [0, 0.05) is 50.2 Å². The van der Waals surface area contributed by atoms with E-state index in [1.165, 1.54) is 18.5 Å². The molecule has 3 heterocycles. The molecule has 6 nitrogen and oxygen atoms in total. The summed E-state index contributed by atoms with van der Waals surface area (Å²) in [6, 6.07) is 0.675. The molecule has 1 saturated carbocycles. The van der Waals surface area contributed by atoms with E-state index in [1.54, 1.807) is 11.3 Å². The third kappa shape index (κ3) is 2.63. The van der Waals surface area contributed by atoms with Crippen LogP contribution in [0.4, 0.5) is 5.82 Å². The van der Waals surface area contributed by atoms with Crippen LogP contribution in [0, 0.1) is 0 Å². The maximum Gasteiger partial charge on any atom is 0.221 e. The summed E-state index contributed by atoms with van der Waals surface area (Å²) in [4.78, 5) is 19.6. The number of imidazole rings is 1. The van der Waals surface area contributed by atoms with Gasteiger partial charge >= 0.3 is 0 Å². The van der Waals surface area contributed by atoms with E-state index >= 15 is 0 Å². The van der Waals surface area contributed by atoms with Crippen LogP contribution in [0.3, 0.4) is 0 Å². The molecule has 7 heteroatoms. The van der Waals surface area contributed by atoms with Gasteiger partial charge < -0.3 is 15.5 Å². The quantitative estimate of drug-likeness (QED) is 0.884. The van der Waals surface area contributed by atoms with E-state index in [2.05, 4.69) is 31.5 Å². The van der Waals surface area contributed by atoms with Gasteiger partial charge in [-0.3, -0.25) is 9.20 Å². The van der Waals surface area contributed by atoms with E-state index in [-0.39, 0.29) is 5.91 Å². The molecular formula is C14H19N5OS. The first-order chi connectivity index (χ1) is 10.3. The lowest BCUT2D eigenvalue weighted by atomic mass is 10.3. The molecule has 0 aromatic carbocycles. The summed E-state index contributed by atoms with van der Waals surface area (Å²) < 4.78 is 2.18. The Bertz CT molecular complexity index is 659. The van der Waals surface area contributed by atoms with Gasteiger partial charge in [0.25, 0.3) is 0 Å². The summed E-state index contributed by atoms with van der Waals surface area (Å²) in [5.41, 5.74) is 1.22. The number of amides is 1. The average molecular weight is 305 g/mol. The van der Waals surface area contributed by atoms with E-state index < -0.39 is 0 Å². The molecule has 1 amide bonds. The molecule has 1 saturated heterocycles. The number of aromatic nitrogens is 2. The summed E-state index contributed by atoms with van der Waals surface area (Å²) in [6.45, 7) is 3.11. The molecule has 0 radical (unpaired) electrons. The molecule has 2 aromatic heterocycles. The van der Waals surface area contributed by atoms with Crippen LogP contribution in [0.5, 0.6) is 0 Å². The Morgan fingerprint density at radius 3 is 3.19 bits per heavy atom. The third-order valence-corrected chi connectivity index (χ3v) is 4.84. The van der Waals surface area contributed by atoms with Crippen molar-refractivity contribution in [2.75, 3.05) is 24.5 Å². The van der Waals surface area contributed by atoms with E-state index in [1.807, 2.05) is 0 Å². The van der Waals surface area contributed by atoms with Crippen molar-refractivity contribution < 1.29 is 4.79 Å². The molecule has 1 aliphatic heterocycles. The number of nitrogens with zero attached hydrogens (tertiary/aromatic N) is 3. The normalized spacial score (nSPS) is 19.8. The van der Waals surface area contributed by atoms with Gasteiger partial charge in [-0.05, 0) is 12.8 Å². The van der Waals surface area contributed by atoms with E-state index in [9.17, 15) is 4.79 Å². The van der Waals surface area contributed by atoms with Crippen molar-refractivity contribution in [1.29, 1.82) is 0 Å². The molecule has 112 valence electrons. The van der Waals surface area contributed by atoms with Crippen LogP contribution < -0.4 is 15.5 Å². The van der Waals surface area contributed by atoms with Crippen LogP contribution in [-0.4, -0.2) is 41.0 Å². The average Bonchev–Trinajstić information content (AvgIpc) is 3.14. The fraction of sp³-hybridized carbons (Fsp3) is 0.571. The van der Waals surface area contributed by atoms with Gasteiger partial charge in [-0.1, -0.05) is 0 Å². The molecule has 0 unspecified atom stereocenters. The largest absolute Gasteiger partial charge is 0.354 e. The van der Waals surface area contributed by atoms with Crippen molar-refractivity contribution in [2.24, 2.45) is 0 Å². The van der Waals surface area contributed by atoms with Crippen molar-refractivity contribution in [2.45, 2.75) is 31.8 Å². The second kappa shape index (κ2) is 5.31. The topological polar surface area (TPSA) is 61.7 Å². The molecule has 4 rings (SSSR count). The van der Waals surface area contributed by atoms with Gasteiger partial charge in [-0.2, -0.15) is 0 Å². The Labute approximate surface area is 127 Å². The standard InChI is InChI=1S/C14H19N5OS/c20-12-3-5-18(6-4-15-12)13-11(9-16-10-1-2-10)19-7-8-21-14(19)17-13/h7-8,10,16H,1-6,9H2,(H,15,20). The van der Waals surface area contributed by atoms with Gasteiger partial charge in [0.15, 0.2) is 10.8 Å². The minimum atomic E-state index is 0.135. The van der Waals surface area contributed by atoms with Crippen molar-refractivity contribution in [3.05, 3.63) is 17.3 Å². The highest BCUT2D eigenvalue weighted by molar-refractivity contribution is 7.15. The predicted octanol–water partition coefficient (Wildman–Crippen LogP) is 0.974. The number of anilines is 1. The van der Waals surface area contributed by atoms with Gasteiger partial charge in [-0.15, -0.1) is 11.3 Å². The highest BCUT2D eigenvalue weighted by Crippen LogP contribution is 2.27. The molecule has 21 heavy (non-hydrogen) atoms. The fourth-order valence-corrected chi connectivity index (χ4v) is 3.47. The molecule has 2 fully saturated rings. The number of nitrogens with one attached hydrogen (secondary N) is 2. The number of hydrogen-bond donors (Lipinski definition) is 2. The van der Waals surface area contributed by atoms with Gasteiger partial charge in [0.05, 0.1) is 5.69 Å². The zero-order valence-electron chi connectivity index (χ0n) is 11.8. The predicted molar refractivity (Wildman–Crippen MR) is 82.8 cm³/mol. The highest BCUT2D eigenvalue weighted by Gasteiger charge is 2.25. The molecule has 2 aromatic rings. The zero-order valence-corrected chi connectivity index (χ0v) is 12.7. The minimum Gasteiger partial charge on any atom is -0.354 e. The van der Waals surface area contributed by atoms with Gasteiger partial charge in [-0.25, -0.2) is 4.98 Å². The molecule has 2 aliphatic rings. The number of fused-ring (bicyclic) bond motifs is 1. The number of carbonyl (C=O) groups excluding carboxylic acids is 1. The summed E-state index contributed by atoms with van der Waals surface area (Å²) in [5, 5.41) is 8.57. The zero-order chi connectivity index (χ0) is 14.2. The summed E-state index contributed by atoms with van der Waals surface area (Å²) in [7, 11) is 0. The Morgan fingerprint density at radius 2 is 2.33 bits per heavy atom. The van der Waals surface area contributed by atoms with Crippen molar-refractivity contribution in [3.63, 3.8) is 0 Å². The first kappa shape index (κ1) is 13.1. The maximum absolute atomic E-state index is 11.5. The lowest BCUT2D eigenvalue weighted by Crippen LogP contribution is -2.30. The second-order valence-electron chi connectivity index (χ2n) is 5.68. The third-order valence-electron chi connectivity index (χ3n) is 4.09. The smallest absolute Gasteiger partial charge is 0.221 e. The van der Waals surface area contributed by atoms with Gasteiger partial charge in [0.1, 0.15) is 0 Å². The molecule has 2 N–H and O–H groups in total. The Balaban J connectivity index is 1.63. The van der Waals surface area contributed by atoms with Crippen LogP contribution in [0.2, 0.25) is 0 Å². The maximum atomic E-state index is 11.5. The van der Waals surface area contributed by atoms with Crippen LogP contribution in [0.25, 0.3) is 4.96 Å². The molecule has 0 spiro atoms. The molecule has 1 aliphatic carbocycles. The minimum absolute atomic E-state index is 0.135. The van der Waals surface area contributed by atoms with E-state index in [0.29, 0.717) is 19.0 Å². The summed E-state index contributed by atoms with van der Waals surface area (Å²) in [6.07, 6.45) is 5.19. The summed E-state index contributed by atoms with van der Waals surface area (Å²) >= 11 is 1.66. The Kier molecular flexibility index (Phi) is 3.31. The monoisotopic (exact) mass is 305 g/mol. The van der Waals surface area contributed by atoms with Gasteiger partial charge in [0.2, 0.25) is 5.91 Å².